The largest absolute Gasteiger partial charge is 0.493 e. The Balaban J connectivity index is 1.96. The van der Waals surface area contributed by atoms with Crippen molar-refractivity contribution < 1.29 is 4.74 Å². The van der Waals surface area contributed by atoms with Crippen molar-refractivity contribution in [1.29, 1.82) is 0 Å². The Bertz CT molecular complexity index is 554. The van der Waals surface area contributed by atoms with Gasteiger partial charge < -0.3 is 10.1 Å². The molecule has 1 aromatic heterocycles. The van der Waals surface area contributed by atoms with Crippen molar-refractivity contribution in [1.82, 2.24) is 15.1 Å². The molecule has 20 heavy (non-hydrogen) atoms. The Kier molecular flexibility index (Phi) is 5.44. The van der Waals surface area contributed by atoms with Gasteiger partial charge in [-0.2, -0.15) is 5.10 Å². The van der Waals surface area contributed by atoms with E-state index in [2.05, 4.69) is 17.3 Å². The van der Waals surface area contributed by atoms with Crippen molar-refractivity contribution in [3.63, 3.8) is 0 Å². The number of hydrogen-bond acceptors (Lipinski definition) is 3. The Labute approximate surface area is 124 Å². The molecule has 5 heteroatoms. The van der Waals surface area contributed by atoms with Gasteiger partial charge in [-0.25, -0.2) is 0 Å². The van der Waals surface area contributed by atoms with Gasteiger partial charge in [-0.05, 0) is 24.2 Å². The van der Waals surface area contributed by atoms with Crippen LogP contribution in [0.25, 0.3) is 0 Å². The van der Waals surface area contributed by atoms with Crippen LogP contribution in [0.5, 0.6) is 5.75 Å². The summed E-state index contributed by atoms with van der Waals surface area (Å²) in [5, 5.41) is 8.16. The van der Waals surface area contributed by atoms with E-state index in [4.69, 9.17) is 16.3 Å². The summed E-state index contributed by atoms with van der Waals surface area (Å²) in [5.41, 5.74) is 2.19. The third-order valence-corrected chi connectivity index (χ3v) is 3.39. The highest BCUT2D eigenvalue weighted by Crippen LogP contribution is 2.26. The number of ether oxygens (including phenoxy) is 1. The van der Waals surface area contributed by atoms with E-state index in [0.29, 0.717) is 6.61 Å². The molecule has 1 aromatic carbocycles. The molecule has 0 aliphatic carbocycles. The van der Waals surface area contributed by atoms with Crippen LogP contribution in [0.15, 0.2) is 30.6 Å². The van der Waals surface area contributed by atoms with Crippen LogP contribution in [0, 0.1) is 0 Å². The van der Waals surface area contributed by atoms with Crippen molar-refractivity contribution in [2.45, 2.75) is 19.9 Å². The molecule has 2 rings (SSSR count). The van der Waals surface area contributed by atoms with Gasteiger partial charge in [0.05, 0.1) is 12.8 Å². The minimum atomic E-state index is 0.616. The van der Waals surface area contributed by atoms with Crippen molar-refractivity contribution in [2.24, 2.45) is 7.05 Å². The van der Waals surface area contributed by atoms with Gasteiger partial charge in [0.25, 0.3) is 0 Å². The lowest BCUT2D eigenvalue weighted by Crippen LogP contribution is -2.13. The van der Waals surface area contributed by atoms with Crippen LogP contribution in [0.3, 0.4) is 0 Å². The lowest BCUT2D eigenvalue weighted by molar-refractivity contribution is 0.318. The number of aromatic nitrogens is 2. The molecule has 1 heterocycles. The van der Waals surface area contributed by atoms with Crippen molar-refractivity contribution >= 4 is 11.6 Å². The first-order valence-corrected chi connectivity index (χ1v) is 7.17. The molecule has 0 atom stereocenters. The number of nitrogens with one attached hydrogen (secondary N) is 1. The second-order valence-corrected chi connectivity index (χ2v) is 5.02. The van der Waals surface area contributed by atoms with E-state index < -0.39 is 0 Å². The first-order valence-electron chi connectivity index (χ1n) is 6.79. The lowest BCUT2D eigenvalue weighted by atomic mass is 10.2. The molecule has 4 nitrogen and oxygen atoms in total. The molecule has 0 saturated heterocycles. The summed E-state index contributed by atoms with van der Waals surface area (Å²) in [6.45, 7) is 4.31. The molecule has 108 valence electrons. The predicted octanol–water partition coefficient (Wildman–Crippen LogP) is 2.80. The van der Waals surface area contributed by atoms with E-state index in [1.807, 2.05) is 37.6 Å². The molecule has 0 aliphatic rings. The van der Waals surface area contributed by atoms with Crippen LogP contribution in [-0.2, 0) is 20.0 Å². The van der Waals surface area contributed by atoms with Gasteiger partial charge in [-0.3, -0.25) is 4.68 Å². The summed E-state index contributed by atoms with van der Waals surface area (Å²) in [7, 11) is 1.91. The van der Waals surface area contributed by atoms with E-state index in [-0.39, 0.29) is 0 Å². The molecule has 1 N–H and O–H groups in total. The Morgan fingerprint density at radius 1 is 1.40 bits per heavy atom. The second kappa shape index (κ2) is 7.31. The van der Waals surface area contributed by atoms with Gasteiger partial charge in [0.15, 0.2) is 0 Å². The average molecular weight is 294 g/mol. The zero-order valence-electron chi connectivity index (χ0n) is 11.9. The summed E-state index contributed by atoms with van der Waals surface area (Å²) in [6, 6.07) is 5.77. The lowest BCUT2D eigenvalue weighted by Gasteiger charge is -2.13. The Morgan fingerprint density at radius 2 is 2.25 bits per heavy atom. The van der Waals surface area contributed by atoms with Crippen molar-refractivity contribution in [2.75, 3.05) is 13.2 Å². The van der Waals surface area contributed by atoms with Crippen molar-refractivity contribution in [3.8, 4) is 5.75 Å². The van der Waals surface area contributed by atoms with Gasteiger partial charge in [0.1, 0.15) is 5.75 Å². The zero-order valence-corrected chi connectivity index (χ0v) is 12.7. The maximum absolute atomic E-state index is 6.23. The second-order valence-electron chi connectivity index (χ2n) is 4.62. The molecule has 0 aliphatic heterocycles. The maximum Gasteiger partial charge on any atom is 0.125 e. The SMILES string of the molecule is CCNCc1c(Cl)cccc1OCCc1cnn(C)c1. The quantitative estimate of drug-likeness (QED) is 0.853. The van der Waals surface area contributed by atoms with Crippen LogP contribution >= 0.6 is 11.6 Å². The Hall–Kier alpha value is -1.52. The Morgan fingerprint density at radius 3 is 2.95 bits per heavy atom. The third-order valence-electron chi connectivity index (χ3n) is 3.03. The molecule has 0 spiro atoms. The average Bonchev–Trinajstić information content (AvgIpc) is 2.84. The van der Waals surface area contributed by atoms with Crippen LogP contribution in [0.4, 0.5) is 0 Å². The molecular formula is C15H20ClN3O. The summed E-state index contributed by atoms with van der Waals surface area (Å²) < 4.78 is 7.66. The van der Waals surface area contributed by atoms with Crippen LogP contribution in [-0.4, -0.2) is 22.9 Å². The van der Waals surface area contributed by atoms with Crippen molar-refractivity contribution in [3.05, 3.63) is 46.7 Å². The number of hydrogen-bond donors (Lipinski definition) is 1. The zero-order chi connectivity index (χ0) is 14.4. The van der Waals surface area contributed by atoms with Gasteiger partial charge in [-0.15, -0.1) is 0 Å². The molecule has 0 bridgehead atoms. The standard InChI is InChI=1S/C15H20ClN3O/c1-3-17-10-13-14(16)5-4-6-15(13)20-8-7-12-9-18-19(2)11-12/h4-6,9,11,17H,3,7-8,10H2,1-2H3. The molecule has 0 saturated carbocycles. The fourth-order valence-electron chi connectivity index (χ4n) is 1.98. The summed E-state index contributed by atoms with van der Waals surface area (Å²) in [6.07, 6.45) is 4.70. The van der Waals surface area contributed by atoms with Gasteiger partial charge in [-0.1, -0.05) is 24.6 Å². The van der Waals surface area contributed by atoms with Crippen LogP contribution in [0.2, 0.25) is 5.02 Å². The number of benzene rings is 1. The molecule has 2 aromatic rings. The highest BCUT2D eigenvalue weighted by Gasteiger charge is 2.08. The first kappa shape index (κ1) is 14.9. The van der Waals surface area contributed by atoms with Gasteiger partial charge >= 0.3 is 0 Å². The fraction of sp³-hybridized carbons (Fsp3) is 0.400. The monoisotopic (exact) mass is 293 g/mol. The van der Waals surface area contributed by atoms with E-state index in [1.54, 1.807) is 4.68 Å². The minimum absolute atomic E-state index is 0.616. The highest BCUT2D eigenvalue weighted by molar-refractivity contribution is 6.31. The maximum atomic E-state index is 6.23. The smallest absolute Gasteiger partial charge is 0.125 e. The van der Waals surface area contributed by atoms with E-state index in [0.717, 1.165) is 35.8 Å². The van der Waals surface area contributed by atoms with E-state index >= 15 is 0 Å². The summed E-state index contributed by atoms with van der Waals surface area (Å²) in [5.74, 6) is 0.849. The molecule has 0 unspecified atom stereocenters. The number of aryl methyl sites for hydroxylation is 1. The summed E-state index contributed by atoms with van der Waals surface area (Å²) >= 11 is 6.23. The molecule has 0 amide bonds. The third kappa shape index (κ3) is 3.99. The van der Waals surface area contributed by atoms with E-state index in [1.165, 1.54) is 5.56 Å². The van der Waals surface area contributed by atoms with Crippen LogP contribution in [0.1, 0.15) is 18.1 Å². The number of rotatable bonds is 7. The molecule has 0 fully saturated rings. The van der Waals surface area contributed by atoms with Gasteiger partial charge in [0.2, 0.25) is 0 Å². The van der Waals surface area contributed by atoms with Gasteiger partial charge in [0, 0.05) is 36.8 Å². The predicted molar refractivity (Wildman–Crippen MR) is 81.2 cm³/mol. The molecular weight excluding hydrogens is 274 g/mol. The summed E-state index contributed by atoms with van der Waals surface area (Å²) in [4.78, 5) is 0. The van der Waals surface area contributed by atoms with Crippen LogP contribution < -0.4 is 10.1 Å². The normalized spacial score (nSPS) is 10.8. The topological polar surface area (TPSA) is 39.1 Å². The number of nitrogens with zero attached hydrogens (tertiary/aromatic N) is 2. The minimum Gasteiger partial charge on any atom is -0.493 e. The number of halogens is 1. The molecule has 0 radical (unpaired) electrons. The highest BCUT2D eigenvalue weighted by atomic mass is 35.5. The van der Waals surface area contributed by atoms with E-state index in [9.17, 15) is 0 Å². The fourth-order valence-corrected chi connectivity index (χ4v) is 2.21. The first-order chi connectivity index (χ1) is 9.70.